The molecule has 2 heterocycles. The number of piperidine rings is 1. The van der Waals surface area contributed by atoms with Crippen LogP contribution in [0.2, 0.25) is 0 Å². The van der Waals surface area contributed by atoms with Gasteiger partial charge in [0.1, 0.15) is 0 Å². The molecule has 3 rings (SSSR count). The molecular formula is C19H23N3O3S. The predicted molar refractivity (Wildman–Crippen MR) is 99.0 cm³/mol. The number of benzene rings is 1. The molecule has 2 aromatic rings. The van der Waals surface area contributed by atoms with Gasteiger partial charge in [0.2, 0.25) is 10.0 Å². The summed E-state index contributed by atoms with van der Waals surface area (Å²) in [6.45, 7) is 3.53. The summed E-state index contributed by atoms with van der Waals surface area (Å²) in [5.74, 6) is 0.240. The first-order valence-electron chi connectivity index (χ1n) is 8.74. The summed E-state index contributed by atoms with van der Waals surface area (Å²) in [5, 5.41) is 2.79. The van der Waals surface area contributed by atoms with Crippen molar-refractivity contribution >= 4 is 15.9 Å². The molecule has 7 heteroatoms. The van der Waals surface area contributed by atoms with Crippen LogP contribution >= 0.6 is 0 Å². The maximum atomic E-state index is 12.8. The number of hydrogen-bond acceptors (Lipinski definition) is 4. The SMILES string of the molecule is CC1CCN(S(=O)(=O)c2cccc(C(=O)NCc3cccnc3)c2)CC1. The average molecular weight is 373 g/mol. The van der Waals surface area contributed by atoms with Crippen LogP contribution in [0.15, 0.2) is 53.7 Å². The second-order valence-corrected chi connectivity index (χ2v) is 8.60. The van der Waals surface area contributed by atoms with Gasteiger partial charge in [-0.3, -0.25) is 9.78 Å². The van der Waals surface area contributed by atoms with Crippen molar-refractivity contribution in [1.82, 2.24) is 14.6 Å². The van der Waals surface area contributed by atoms with Gasteiger partial charge in [-0.2, -0.15) is 4.31 Å². The van der Waals surface area contributed by atoms with E-state index < -0.39 is 10.0 Å². The molecule has 0 spiro atoms. The van der Waals surface area contributed by atoms with Gasteiger partial charge >= 0.3 is 0 Å². The van der Waals surface area contributed by atoms with E-state index in [2.05, 4.69) is 17.2 Å². The monoisotopic (exact) mass is 373 g/mol. The summed E-state index contributed by atoms with van der Waals surface area (Å²) in [5.41, 5.74) is 1.22. The molecule has 138 valence electrons. The summed E-state index contributed by atoms with van der Waals surface area (Å²) < 4.78 is 27.2. The molecule has 1 fully saturated rings. The highest BCUT2D eigenvalue weighted by molar-refractivity contribution is 7.89. The molecule has 1 aromatic carbocycles. The molecule has 0 aliphatic carbocycles. The molecule has 26 heavy (non-hydrogen) atoms. The second-order valence-electron chi connectivity index (χ2n) is 6.66. The van der Waals surface area contributed by atoms with Crippen molar-refractivity contribution in [2.45, 2.75) is 31.2 Å². The van der Waals surface area contributed by atoms with Crippen LogP contribution in [0.5, 0.6) is 0 Å². The van der Waals surface area contributed by atoms with Gasteiger partial charge in [0.25, 0.3) is 5.91 Å². The third-order valence-corrected chi connectivity index (χ3v) is 6.55. The Bertz CT molecular complexity index is 861. The topological polar surface area (TPSA) is 79.4 Å². The Morgan fingerprint density at radius 2 is 2.00 bits per heavy atom. The number of carbonyl (C=O) groups excluding carboxylic acids is 1. The van der Waals surface area contributed by atoms with E-state index in [9.17, 15) is 13.2 Å². The fourth-order valence-electron chi connectivity index (χ4n) is 2.96. The molecule has 0 atom stereocenters. The molecular weight excluding hydrogens is 350 g/mol. The van der Waals surface area contributed by atoms with Crippen LogP contribution in [-0.4, -0.2) is 36.7 Å². The van der Waals surface area contributed by atoms with Gasteiger partial charge in [-0.15, -0.1) is 0 Å². The van der Waals surface area contributed by atoms with Crippen molar-refractivity contribution in [3.63, 3.8) is 0 Å². The summed E-state index contributed by atoms with van der Waals surface area (Å²) >= 11 is 0. The van der Waals surface area contributed by atoms with E-state index in [1.165, 1.54) is 10.4 Å². The van der Waals surface area contributed by atoms with Crippen molar-refractivity contribution in [1.29, 1.82) is 0 Å². The molecule has 0 saturated carbocycles. The number of hydrogen-bond donors (Lipinski definition) is 1. The van der Waals surface area contributed by atoms with Crippen molar-refractivity contribution < 1.29 is 13.2 Å². The minimum Gasteiger partial charge on any atom is -0.348 e. The lowest BCUT2D eigenvalue weighted by Gasteiger charge is -2.29. The zero-order chi connectivity index (χ0) is 18.6. The number of aromatic nitrogens is 1. The van der Waals surface area contributed by atoms with E-state index in [1.54, 1.807) is 36.7 Å². The first kappa shape index (κ1) is 18.5. The molecule has 1 N–H and O–H groups in total. The normalized spacial score (nSPS) is 16.3. The first-order valence-corrected chi connectivity index (χ1v) is 10.2. The van der Waals surface area contributed by atoms with Crippen molar-refractivity contribution in [2.24, 2.45) is 5.92 Å². The summed E-state index contributed by atoms with van der Waals surface area (Å²) in [4.78, 5) is 16.5. The minimum atomic E-state index is -3.57. The van der Waals surface area contributed by atoms with E-state index in [0.29, 0.717) is 31.1 Å². The maximum Gasteiger partial charge on any atom is 0.251 e. The number of amides is 1. The lowest BCUT2D eigenvalue weighted by Crippen LogP contribution is -2.38. The first-order chi connectivity index (χ1) is 12.5. The highest BCUT2D eigenvalue weighted by Crippen LogP contribution is 2.24. The molecule has 1 aliphatic heterocycles. The predicted octanol–water partition coefficient (Wildman–Crippen LogP) is 2.43. The van der Waals surface area contributed by atoms with Crippen LogP contribution in [0.1, 0.15) is 35.7 Å². The molecule has 1 aliphatic rings. The largest absolute Gasteiger partial charge is 0.348 e. The molecule has 1 saturated heterocycles. The van der Waals surface area contributed by atoms with Crippen molar-refractivity contribution in [3.8, 4) is 0 Å². The van der Waals surface area contributed by atoms with Crippen LogP contribution in [-0.2, 0) is 16.6 Å². The van der Waals surface area contributed by atoms with Crippen LogP contribution in [0.4, 0.5) is 0 Å². The smallest absolute Gasteiger partial charge is 0.251 e. The van der Waals surface area contributed by atoms with E-state index >= 15 is 0 Å². The van der Waals surface area contributed by atoms with Gasteiger partial charge in [0.05, 0.1) is 4.90 Å². The Morgan fingerprint density at radius 1 is 1.23 bits per heavy atom. The summed E-state index contributed by atoms with van der Waals surface area (Å²) in [6, 6.07) is 9.89. The highest BCUT2D eigenvalue weighted by Gasteiger charge is 2.28. The highest BCUT2D eigenvalue weighted by atomic mass is 32.2. The average Bonchev–Trinajstić information content (AvgIpc) is 2.67. The minimum absolute atomic E-state index is 0.168. The number of sulfonamides is 1. The molecule has 0 bridgehead atoms. The molecule has 1 amide bonds. The van der Waals surface area contributed by atoms with Gasteiger partial charge in [0, 0.05) is 37.6 Å². The van der Waals surface area contributed by atoms with Crippen molar-refractivity contribution in [2.75, 3.05) is 13.1 Å². The van der Waals surface area contributed by atoms with Crippen molar-refractivity contribution in [3.05, 3.63) is 59.9 Å². The Balaban J connectivity index is 1.72. The third-order valence-electron chi connectivity index (χ3n) is 4.65. The number of rotatable bonds is 5. The van der Waals surface area contributed by atoms with Crippen LogP contribution in [0.3, 0.4) is 0 Å². The summed E-state index contributed by atoms with van der Waals surface area (Å²) in [6.07, 6.45) is 5.08. The fourth-order valence-corrected chi connectivity index (χ4v) is 4.48. The van der Waals surface area contributed by atoms with Gasteiger partial charge in [-0.05, 0) is 48.6 Å². The standard InChI is InChI=1S/C19H23N3O3S/c1-15-7-10-22(11-8-15)26(24,25)18-6-2-5-17(12-18)19(23)21-14-16-4-3-9-20-13-16/h2-6,9,12-13,15H,7-8,10-11,14H2,1H3,(H,21,23). The second kappa shape index (κ2) is 7.97. The number of pyridine rings is 1. The number of nitrogens with one attached hydrogen (secondary N) is 1. The molecule has 1 aromatic heterocycles. The van der Waals surface area contributed by atoms with Crippen LogP contribution in [0.25, 0.3) is 0 Å². The maximum absolute atomic E-state index is 12.8. The Kier molecular flexibility index (Phi) is 5.68. The van der Waals surface area contributed by atoms with Gasteiger partial charge in [0.15, 0.2) is 0 Å². The van der Waals surface area contributed by atoms with E-state index in [4.69, 9.17) is 0 Å². The Labute approximate surface area is 154 Å². The molecule has 6 nitrogen and oxygen atoms in total. The lowest BCUT2D eigenvalue weighted by molar-refractivity contribution is 0.0950. The molecule has 0 radical (unpaired) electrons. The Morgan fingerprint density at radius 3 is 2.69 bits per heavy atom. The van der Waals surface area contributed by atoms with Gasteiger partial charge in [-0.25, -0.2) is 8.42 Å². The van der Waals surface area contributed by atoms with Crippen LogP contribution < -0.4 is 5.32 Å². The van der Waals surface area contributed by atoms with Gasteiger partial charge in [-0.1, -0.05) is 19.1 Å². The van der Waals surface area contributed by atoms with E-state index in [-0.39, 0.29) is 10.8 Å². The van der Waals surface area contributed by atoms with Gasteiger partial charge < -0.3 is 5.32 Å². The summed E-state index contributed by atoms with van der Waals surface area (Å²) in [7, 11) is -3.57. The Hall–Kier alpha value is -2.25. The lowest BCUT2D eigenvalue weighted by atomic mass is 10.0. The zero-order valence-electron chi connectivity index (χ0n) is 14.8. The van der Waals surface area contributed by atoms with Crippen LogP contribution in [0, 0.1) is 5.92 Å². The molecule has 0 unspecified atom stereocenters. The number of carbonyl (C=O) groups is 1. The van der Waals surface area contributed by atoms with E-state index in [1.807, 2.05) is 6.07 Å². The number of nitrogens with zero attached hydrogens (tertiary/aromatic N) is 2. The van der Waals surface area contributed by atoms with E-state index in [0.717, 1.165) is 18.4 Å². The zero-order valence-corrected chi connectivity index (χ0v) is 15.6. The quantitative estimate of drug-likeness (QED) is 0.873. The third kappa shape index (κ3) is 4.28. The fraction of sp³-hybridized carbons (Fsp3) is 0.368.